The molecule has 5 nitrogen and oxygen atoms in total. The van der Waals surface area contributed by atoms with Gasteiger partial charge in [-0.15, -0.1) is 0 Å². The number of benzene rings is 1. The molecule has 1 aromatic carbocycles. The molecular weight excluding hydrogens is 242 g/mol. The van der Waals surface area contributed by atoms with Crippen LogP contribution < -0.4 is 5.73 Å². The highest BCUT2D eigenvalue weighted by Crippen LogP contribution is 2.15. The summed E-state index contributed by atoms with van der Waals surface area (Å²) >= 11 is 0. The first kappa shape index (κ1) is 15.0. The third kappa shape index (κ3) is 3.98. The molecule has 1 atom stereocenters. The molecule has 5 heteroatoms. The van der Waals surface area contributed by atoms with Gasteiger partial charge >= 0.3 is 0 Å². The number of amides is 1. The minimum absolute atomic E-state index is 0.0263. The van der Waals surface area contributed by atoms with E-state index >= 15 is 0 Å². The van der Waals surface area contributed by atoms with E-state index in [1.54, 1.807) is 11.9 Å². The van der Waals surface area contributed by atoms with Crippen LogP contribution >= 0.6 is 0 Å². The normalized spacial score (nSPS) is 13.4. The van der Waals surface area contributed by atoms with E-state index in [2.05, 4.69) is 5.16 Å². The largest absolute Gasteiger partial charge is 0.409 e. The molecule has 104 valence electrons. The van der Waals surface area contributed by atoms with E-state index in [-0.39, 0.29) is 17.7 Å². The number of hydrogen-bond donors (Lipinski definition) is 2. The van der Waals surface area contributed by atoms with Gasteiger partial charge in [-0.2, -0.15) is 0 Å². The SMILES string of the molecule is CC(C)C(C(=O)N(C)Cc1ccccc1)C(N)=NO. The van der Waals surface area contributed by atoms with Crippen LogP contribution in [0.5, 0.6) is 0 Å². The van der Waals surface area contributed by atoms with Crippen LogP contribution in [0.4, 0.5) is 0 Å². The predicted molar refractivity (Wildman–Crippen MR) is 74.7 cm³/mol. The lowest BCUT2D eigenvalue weighted by Gasteiger charge is -2.25. The molecule has 0 bridgehead atoms. The van der Waals surface area contributed by atoms with Gasteiger partial charge < -0.3 is 15.8 Å². The lowest BCUT2D eigenvalue weighted by atomic mass is 9.93. The van der Waals surface area contributed by atoms with E-state index in [1.165, 1.54) is 0 Å². The molecule has 0 fully saturated rings. The molecule has 0 heterocycles. The molecule has 0 radical (unpaired) electrons. The van der Waals surface area contributed by atoms with Gasteiger partial charge in [0.25, 0.3) is 0 Å². The summed E-state index contributed by atoms with van der Waals surface area (Å²) < 4.78 is 0. The second-order valence-electron chi connectivity index (χ2n) is 4.93. The van der Waals surface area contributed by atoms with Crippen molar-refractivity contribution in [2.45, 2.75) is 20.4 Å². The van der Waals surface area contributed by atoms with Crippen LogP contribution in [0.1, 0.15) is 19.4 Å². The van der Waals surface area contributed by atoms with Crippen LogP contribution in [-0.4, -0.2) is 28.9 Å². The van der Waals surface area contributed by atoms with Gasteiger partial charge in [-0.05, 0) is 11.5 Å². The summed E-state index contributed by atoms with van der Waals surface area (Å²) in [5.41, 5.74) is 6.64. The predicted octanol–water partition coefficient (Wildman–Crippen LogP) is 1.66. The second kappa shape index (κ2) is 6.78. The average Bonchev–Trinajstić information content (AvgIpc) is 2.39. The molecule has 1 aromatic rings. The molecule has 0 spiro atoms. The Hall–Kier alpha value is -2.04. The number of carbonyl (C=O) groups is 1. The Labute approximate surface area is 113 Å². The number of rotatable bonds is 5. The van der Waals surface area contributed by atoms with Gasteiger partial charge in [-0.1, -0.05) is 49.3 Å². The van der Waals surface area contributed by atoms with Gasteiger partial charge in [0.2, 0.25) is 5.91 Å². The van der Waals surface area contributed by atoms with Crippen molar-refractivity contribution in [2.75, 3.05) is 7.05 Å². The Morgan fingerprint density at radius 1 is 1.37 bits per heavy atom. The Morgan fingerprint density at radius 3 is 2.42 bits per heavy atom. The lowest BCUT2D eigenvalue weighted by molar-refractivity contribution is -0.133. The zero-order valence-corrected chi connectivity index (χ0v) is 11.6. The summed E-state index contributed by atoms with van der Waals surface area (Å²) in [7, 11) is 1.72. The van der Waals surface area contributed by atoms with Gasteiger partial charge in [0.05, 0.1) is 0 Å². The van der Waals surface area contributed by atoms with Crippen LogP contribution in [0.2, 0.25) is 0 Å². The summed E-state index contributed by atoms with van der Waals surface area (Å²) in [6.07, 6.45) is 0. The number of nitrogens with zero attached hydrogens (tertiary/aromatic N) is 2. The molecule has 3 N–H and O–H groups in total. The maximum atomic E-state index is 12.3. The van der Waals surface area contributed by atoms with E-state index in [4.69, 9.17) is 10.9 Å². The van der Waals surface area contributed by atoms with Crippen molar-refractivity contribution in [2.24, 2.45) is 22.7 Å². The number of hydrogen-bond acceptors (Lipinski definition) is 3. The molecule has 0 aromatic heterocycles. The van der Waals surface area contributed by atoms with Crippen LogP contribution in [-0.2, 0) is 11.3 Å². The highest BCUT2D eigenvalue weighted by molar-refractivity contribution is 6.02. The molecule has 0 saturated heterocycles. The molecule has 1 rings (SSSR count). The maximum Gasteiger partial charge on any atom is 0.233 e. The van der Waals surface area contributed by atoms with Crippen LogP contribution in [0.15, 0.2) is 35.5 Å². The lowest BCUT2D eigenvalue weighted by Crippen LogP contribution is -2.42. The van der Waals surface area contributed by atoms with E-state index in [0.717, 1.165) is 5.56 Å². The first-order valence-electron chi connectivity index (χ1n) is 6.23. The van der Waals surface area contributed by atoms with Gasteiger partial charge in [-0.3, -0.25) is 4.79 Å². The first-order valence-corrected chi connectivity index (χ1v) is 6.23. The van der Waals surface area contributed by atoms with Gasteiger partial charge in [0.1, 0.15) is 5.92 Å². The smallest absolute Gasteiger partial charge is 0.233 e. The number of carbonyl (C=O) groups excluding carboxylic acids is 1. The van der Waals surface area contributed by atoms with E-state index < -0.39 is 5.92 Å². The average molecular weight is 263 g/mol. The van der Waals surface area contributed by atoms with Crippen molar-refractivity contribution in [3.8, 4) is 0 Å². The zero-order valence-electron chi connectivity index (χ0n) is 11.6. The van der Waals surface area contributed by atoms with Crippen molar-refractivity contribution in [3.63, 3.8) is 0 Å². The van der Waals surface area contributed by atoms with Crippen molar-refractivity contribution in [1.82, 2.24) is 4.90 Å². The second-order valence-corrected chi connectivity index (χ2v) is 4.93. The summed E-state index contributed by atoms with van der Waals surface area (Å²) in [6.45, 7) is 4.25. The van der Waals surface area contributed by atoms with Crippen LogP contribution in [0.3, 0.4) is 0 Å². The van der Waals surface area contributed by atoms with Crippen molar-refractivity contribution >= 4 is 11.7 Å². The number of nitrogens with two attached hydrogens (primary N) is 1. The van der Waals surface area contributed by atoms with Gasteiger partial charge in [0, 0.05) is 13.6 Å². The van der Waals surface area contributed by atoms with Crippen molar-refractivity contribution in [3.05, 3.63) is 35.9 Å². The molecule has 19 heavy (non-hydrogen) atoms. The third-order valence-corrected chi connectivity index (χ3v) is 3.01. The fourth-order valence-electron chi connectivity index (χ4n) is 1.99. The highest BCUT2D eigenvalue weighted by Gasteiger charge is 2.29. The van der Waals surface area contributed by atoms with Crippen molar-refractivity contribution in [1.29, 1.82) is 0 Å². The van der Waals surface area contributed by atoms with Crippen molar-refractivity contribution < 1.29 is 10.0 Å². The number of oxime groups is 1. The Bertz CT molecular complexity index is 443. The van der Waals surface area contributed by atoms with E-state index in [0.29, 0.717) is 6.54 Å². The Morgan fingerprint density at radius 2 is 1.95 bits per heavy atom. The Kier molecular flexibility index (Phi) is 5.36. The first-order chi connectivity index (χ1) is 8.97. The molecule has 0 aliphatic rings. The summed E-state index contributed by atoms with van der Waals surface area (Å²) in [5.74, 6) is -0.811. The maximum absolute atomic E-state index is 12.3. The molecule has 1 unspecified atom stereocenters. The highest BCUT2D eigenvalue weighted by atomic mass is 16.4. The van der Waals surface area contributed by atoms with E-state index in [9.17, 15) is 4.79 Å². The minimum Gasteiger partial charge on any atom is -0.409 e. The fourth-order valence-corrected chi connectivity index (χ4v) is 1.99. The van der Waals surface area contributed by atoms with E-state index in [1.807, 2.05) is 44.2 Å². The zero-order chi connectivity index (χ0) is 14.4. The van der Waals surface area contributed by atoms with Gasteiger partial charge in [-0.25, -0.2) is 0 Å². The topological polar surface area (TPSA) is 78.9 Å². The van der Waals surface area contributed by atoms with Crippen LogP contribution in [0.25, 0.3) is 0 Å². The number of amidine groups is 1. The standard InChI is InChI=1S/C14H21N3O2/c1-10(2)12(13(15)16-19)14(18)17(3)9-11-7-5-4-6-8-11/h4-8,10,12,19H,9H2,1-3H3,(H2,15,16). The minimum atomic E-state index is -0.598. The van der Waals surface area contributed by atoms with Gasteiger partial charge in [0.15, 0.2) is 5.84 Å². The summed E-state index contributed by atoms with van der Waals surface area (Å²) in [4.78, 5) is 13.9. The fraction of sp³-hybridized carbons (Fsp3) is 0.429. The summed E-state index contributed by atoms with van der Waals surface area (Å²) in [5, 5.41) is 11.7. The summed E-state index contributed by atoms with van der Waals surface area (Å²) in [6, 6.07) is 9.70. The molecular formula is C14H21N3O2. The quantitative estimate of drug-likeness (QED) is 0.367. The molecule has 0 aliphatic heterocycles. The monoisotopic (exact) mass is 263 g/mol. The molecule has 1 amide bonds. The molecule has 0 aliphatic carbocycles. The third-order valence-electron chi connectivity index (χ3n) is 3.01. The Balaban J connectivity index is 2.80. The van der Waals surface area contributed by atoms with Crippen LogP contribution in [0, 0.1) is 11.8 Å². The molecule has 0 saturated carbocycles.